The van der Waals surface area contributed by atoms with Crippen LogP contribution in [-0.2, 0) is 11.3 Å². The first kappa shape index (κ1) is 15.8. The van der Waals surface area contributed by atoms with Crippen LogP contribution in [0.25, 0.3) is 11.0 Å². The van der Waals surface area contributed by atoms with Crippen molar-refractivity contribution in [3.63, 3.8) is 0 Å². The Labute approximate surface area is 138 Å². The summed E-state index contributed by atoms with van der Waals surface area (Å²) in [6.45, 7) is 1.90. The van der Waals surface area contributed by atoms with E-state index >= 15 is 0 Å². The van der Waals surface area contributed by atoms with Crippen molar-refractivity contribution in [2.75, 3.05) is 7.11 Å². The maximum atomic E-state index is 12.2. The standard InChI is InChI=1S/C19H16O5/c1-12-6-7-16-14(10-18(20)24-17(16)8-12)11-23-19(21)13-4-3-5-15(9-13)22-2/h3-10H,11H2,1-2H3. The number of benzene rings is 2. The van der Waals surface area contributed by atoms with Gasteiger partial charge in [-0.1, -0.05) is 18.2 Å². The van der Waals surface area contributed by atoms with E-state index in [4.69, 9.17) is 13.9 Å². The molecule has 0 radical (unpaired) electrons. The SMILES string of the molecule is COc1cccc(C(=O)OCc2cc(=O)oc3cc(C)ccc23)c1. The van der Waals surface area contributed by atoms with E-state index in [1.54, 1.807) is 30.3 Å². The molecule has 0 aliphatic heterocycles. The lowest BCUT2D eigenvalue weighted by Gasteiger charge is -2.08. The van der Waals surface area contributed by atoms with E-state index in [9.17, 15) is 9.59 Å². The van der Waals surface area contributed by atoms with Crippen molar-refractivity contribution in [2.45, 2.75) is 13.5 Å². The minimum absolute atomic E-state index is 0.0127. The fraction of sp³-hybridized carbons (Fsp3) is 0.158. The van der Waals surface area contributed by atoms with Crippen molar-refractivity contribution in [1.82, 2.24) is 0 Å². The molecule has 1 heterocycles. The fourth-order valence-corrected chi connectivity index (χ4v) is 2.43. The highest BCUT2D eigenvalue weighted by atomic mass is 16.5. The molecule has 0 aliphatic carbocycles. The zero-order chi connectivity index (χ0) is 17.1. The highest BCUT2D eigenvalue weighted by Crippen LogP contribution is 2.20. The van der Waals surface area contributed by atoms with Gasteiger partial charge in [-0.3, -0.25) is 0 Å². The van der Waals surface area contributed by atoms with Gasteiger partial charge in [0.05, 0.1) is 12.7 Å². The maximum Gasteiger partial charge on any atom is 0.338 e. The second kappa shape index (κ2) is 6.58. The zero-order valence-electron chi connectivity index (χ0n) is 13.4. The Hall–Kier alpha value is -3.08. The van der Waals surface area contributed by atoms with Crippen LogP contribution in [0.4, 0.5) is 0 Å². The molecule has 0 spiro atoms. The lowest BCUT2D eigenvalue weighted by molar-refractivity contribution is 0.0473. The topological polar surface area (TPSA) is 65.7 Å². The summed E-state index contributed by atoms with van der Waals surface area (Å²) in [5, 5.41) is 0.749. The minimum atomic E-state index is -0.484. The predicted octanol–water partition coefficient (Wildman–Crippen LogP) is 3.47. The van der Waals surface area contributed by atoms with Crippen LogP contribution >= 0.6 is 0 Å². The largest absolute Gasteiger partial charge is 0.497 e. The van der Waals surface area contributed by atoms with Crippen LogP contribution in [-0.4, -0.2) is 13.1 Å². The van der Waals surface area contributed by atoms with Crippen LogP contribution in [0.5, 0.6) is 5.75 Å². The summed E-state index contributed by atoms with van der Waals surface area (Å²) < 4.78 is 15.6. The third-order valence-corrected chi connectivity index (χ3v) is 3.65. The number of rotatable bonds is 4. The summed E-state index contributed by atoms with van der Waals surface area (Å²) in [5.74, 6) is 0.0909. The molecule has 5 nitrogen and oxygen atoms in total. The predicted molar refractivity (Wildman–Crippen MR) is 89.3 cm³/mol. The Bertz CT molecular complexity index is 955. The number of carbonyl (C=O) groups is 1. The van der Waals surface area contributed by atoms with Crippen LogP contribution in [0, 0.1) is 6.92 Å². The van der Waals surface area contributed by atoms with Crippen LogP contribution in [0.2, 0.25) is 0 Å². The van der Waals surface area contributed by atoms with E-state index in [0.29, 0.717) is 22.5 Å². The molecule has 3 aromatic rings. The third-order valence-electron chi connectivity index (χ3n) is 3.65. The Morgan fingerprint density at radius 2 is 1.96 bits per heavy atom. The molecule has 0 fully saturated rings. The number of fused-ring (bicyclic) bond motifs is 1. The second-order valence-corrected chi connectivity index (χ2v) is 5.40. The molecular formula is C19H16O5. The monoisotopic (exact) mass is 324 g/mol. The van der Waals surface area contributed by atoms with Gasteiger partial charge in [-0.05, 0) is 36.8 Å². The Balaban J connectivity index is 1.85. The molecular weight excluding hydrogens is 308 g/mol. The number of hydrogen-bond donors (Lipinski definition) is 0. The van der Waals surface area contributed by atoms with Crippen molar-refractivity contribution in [3.8, 4) is 5.75 Å². The number of aryl methyl sites for hydroxylation is 1. The molecule has 0 saturated carbocycles. The summed E-state index contributed by atoms with van der Waals surface area (Å²) >= 11 is 0. The summed E-state index contributed by atoms with van der Waals surface area (Å²) in [6.07, 6.45) is 0. The van der Waals surface area contributed by atoms with E-state index < -0.39 is 11.6 Å². The molecule has 2 aromatic carbocycles. The van der Waals surface area contributed by atoms with Gasteiger partial charge >= 0.3 is 11.6 Å². The molecule has 0 unspecified atom stereocenters. The van der Waals surface area contributed by atoms with Gasteiger partial charge in [-0.15, -0.1) is 0 Å². The van der Waals surface area contributed by atoms with Crippen molar-refractivity contribution in [3.05, 3.63) is 75.6 Å². The highest BCUT2D eigenvalue weighted by Gasteiger charge is 2.11. The van der Waals surface area contributed by atoms with Gasteiger partial charge in [0, 0.05) is 17.0 Å². The summed E-state index contributed by atoms with van der Waals surface area (Å²) in [4.78, 5) is 23.9. The summed E-state index contributed by atoms with van der Waals surface area (Å²) in [6, 6.07) is 13.6. The molecule has 122 valence electrons. The maximum absolute atomic E-state index is 12.2. The van der Waals surface area contributed by atoms with E-state index in [1.165, 1.54) is 13.2 Å². The summed E-state index contributed by atoms with van der Waals surface area (Å²) in [7, 11) is 1.53. The van der Waals surface area contributed by atoms with Crippen LogP contribution in [0.15, 0.2) is 57.7 Å². The van der Waals surface area contributed by atoms with Gasteiger partial charge in [0.2, 0.25) is 0 Å². The normalized spacial score (nSPS) is 10.6. The van der Waals surface area contributed by atoms with E-state index in [-0.39, 0.29) is 6.61 Å². The Morgan fingerprint density at radius 3 is 2.75 bits per heavy atom. The molecule has 3 rings (SSSR count). The molecule has 0 aliphatic rings. The van der Waals surface area contributed by atoms with E-state index in [1.807, 2.05) is 19.1 Å². The zero-order valence-corrected chi connectivity index (χ0v) is 13.4. The average molecular weight is 324 g/mol. The molecule has 1 aromatic heterocycles. The first-order valence-corrected chi connectivity index (χ1v) is 7.41. The first-order valence-electron chi connectivity index (χ1n) is 7.41. The van der Waals surface area contributed by atoms with Gasteiger partial charge in [-0.25, -0.2) is 9.59 Å². The molecule has 0 N–H and O–H groups in total. The molecule has 0 amide bonds. The van der Waals surface area contributed by atoms with Gasteiger partial charge in [0.1, 0.15) is 17.9 Å². The van der Waals surface area contributed by atoms with Crippen molar-refractivity contribution < 1.29 is 18.7 Å². The highest BCUT2D eigenvalue weighted by molar-refractivity contribution is 5.90. The van der Waals surface area contributed by atoms with Crippen LogP contribution in [0.3, 0.4) is 0 Å². The molecule has 0 bridgehead atoms. The lowest BCUT2D eigenvalue weighted by Crippen LogP contribution is -2.08. The number of methoxy groups -OCH3 is 1. The van der Waals surface area contributed by atoms with Crippen LogP contribution in [0.1, 0.15) is 21.5 Å². The summed E-state index contributed by atoms with van der Waals surface area (Å²) in [5.41, 5.74) is 1.99. The average Bonchev–Trinajstić information content (AvgIpc) is 2.58. The molecule has 5 heteroatoms. The van der Waals surface area contributed by atoms with Gasteiger partial charge < -0.3 is 13.9 Å². The van der Waals surface area contributed by atoms with E-state index in [0.717, 1.165) is 10.9 Å². The number of ether oxygens (including phenoxy) is 2. The fourth-order valence-electron chi connectivity index (χ4n) is 2.43. The number of esters is 1. The Morgan fingerprint density at radius 1 is 1.12 bits per heavy atom. The quantitative estimate of drug-likeness (QED) is 0.543. The molecule has 24 heavy (non-hydrogen) atoms. The van der Waals surface area contributed by atoms with Crippen LogP contribution < -0.4 is 10.4 Å². The molecule has 0 atom stereocenters. The van der Waals surface area contributed by atoms with Gasteiger partial charge in [-0.2, -0.15) is 0 Å². The van der Waals surface area contributed by atoms with Gasteiger partial charge in [0.15, 0.2) is 0 Å². The third kappa shape index (κ3) is 3.30. The van der Waals surface area contributed by atoms with Crippen molar-refractivity contribution >= 4 is 16.9 Å². The number of hydrogen-bond acceptors (Lipinski definition) is 5. The lowest BCUT2D eigenvalue weighted by atomic mass is 10.1. The smallest absolute Gasteiger partial charge is 0.338 e. The van der Waals surface area contributed by atoms with E-state index in [2.05, 4.69) is 0 Å². The molecule has 0 saturated heterocycles. The second-order valence-electron chi connectivity index (χ2n) is 5.40. The number of carbonyl (C=O) groups excluding carboxylic acids is 1. The van der Waals surface area contributed by atoms with Gasteiger partial charge in [0.25, 0.3) is 0 Å². The van der Waals surface area contributed by atoms with Crippen molar-refractivity contribution in [2.24, 2.45) is 0 Å². The minimum Gasteiger partial charge on any atom is -0.497 e. The van der Waals surface area contributed by atoms with Crippen molar-refractivity contribution in [1.29, 1.82) is 0 Å². The first-order chi connectivity index (χ1) is 11.6. The Kier molecular flexibility index (Phi) is 4.33.